The molecule has 0 saturated heterocycles. The fourth-order valence-corrected chi connectivity index (χ4v) is 5.37. The highest BCUT2D eigenvalue weighted by Crippen LogP contribution is 2.60. The summed E-state index contributed by atoms with van der Waals surface area (Å²) in [4.78, 5) is 4.73. The maximum atomic E-state index is 6.18. The van der Waals surface area contributed by atoms with Crippen LogP contribution in [0.4, 0.5) is 0 Å². The van der Waals surface area contributed by atoms with E-state index >= 15 is 0 Å². The fourth-order valence-electron chi connectivity index (χ4n) is 5.37. The number of nitrogens with two attached hydrogens (primary N) is 1. The Bertz CT molecular complexity index is 502. The zero-order valence-electron chi connectivity index (χ0n) is 11.7. The SMILES string of the molecule is Cl.NC1(c2nc(C34CC5CC(CC(C5)C3)C4)no2)CC1. The van der Waals surface area contributed by atoms with Crippen molar-refractivity contribution in [1.82, 2.24) is 10.1 Å². The number of halogens is 1. The van der Waals surface area contributed by atoms with Crippen molar-refractivity contribution in [3.63, 3.8) is 0 Å². The van der Waals surface area contributed by atoms with Gasteiger partial charge in [-0.05, 0) is 69.1 Å². The van der Waals surface area contributed by atoms with E-state index in [1.807, 2.05) is 0 Å². The van der Waals surface area contributed by atoms with E-state index in [1.165, 1.54) is 38.5 Å². The first-order chi connectivity index (χ1) is 9.15. The summed E-state index contributed by atoms with van der Waals surface area (Å²) >= 11 is 0. The molecule has 6 rings (SSSR count). The number of aromatic nitrogens is 2. The van der Waals surface area contributed by atoms with Crippen LogP contribution in [0.1, 0.15) is 63.1 Å². The van der Waals surface area contributed by atoms with Gasteiger partial charge in [-0.25, -0.2) is 0 Å². The lowest BCUT2D eigenvalue weighted by molar-refractivity contribution is -0.0103. The predicted octanol–water partition coefficient (Wildman–Crippen LogP) is 2.91. The molecule has 110 valence electrons. The largest absolute Gasteiger partial charge is 0.337 e. The molecule has 1 aromatic heterocycles. The van der Waals surface area contributed by atoms with Gasteiger partial charge in [0, 0.05) is 5.41 Å². The highest BCUT2D eigenvalue weighted by molar-refractivity contribution is 5.85. The molecule has 4 bridgehead atoms. The number of rotatable bonds is 2. The third-order valence-corrected chi connectivity index (χ3v) is 6.15. The van der Waals surface area contributed by atoms with Gasteiger partial charge in [0.1, 0.15) is 0 Å². The van der Waals surface area contributed by atoms with Gasteiger partial charge in [0.2, 0.25) is 5.89 Å². The Hall–Kier alpha value is -0.610. The Balaban J connectivity index is 0.00000106. The molecule has 1 heterocycles. The molecular weight excluding hydrogens is 274 g/mol. The van der Waals surface area contributed by atoms with Gasteiger partial charge in [-0.1, -0.05) is 5.16 Å². The summed E-state index contributed by atoms with van der Waals surface area (Å²) in [6, 6.07) is 0. The van der Waals surface area contributed by atoms with E-state index in [0.717, 1.165) is 36.4 Å². The van der Waals surface area contributed by atoms with Crippen molar-refractivity contribution < 1.29 is 4.52 Å². The average molecular weight is 296 g/mol. The van der Waals surface area contributed by atoms with Crippen LogP contribution in [0.2, 0.25) is 0 Å². The standard InChI is InChI=1S/C15H21N3O.ClH/c16-15(1-2-15)13-17-12(18-19-13)14-6-9-3-10(7-14)5-11(4-9)8-14;/h9-11H,1-8,16H2;1H. The van der Waals surface area contributed by atoms with Crippen molar-refractivity contribution >= 4 is 12.4 Å². The molecule has 4 nitrogen and oxygen atoms in total. The zero-order chi connectivity index (χ0) is 12.7. The molecule has 0 aromatic carbocycles. The molecule has 20 heavy (non-hydrogen) atoms. The second kappa shape index (κ2) is 3.98. The molecule has 0 aliphatic heterocycles. The topological polar surface area (TPSA) is 64.9 Å². The van der Waals surface area contributed by atoms with E-state index in [1.54, 1.807) is 0 Å². The Kier molecular flexibility index (Phi) is 2.60. The molecule has 5 fully saturated rings. The molecule has 5 aliphatic carbocycles. The minimum atomic E-state index is -0.284. The van der Waals surface area contributed by atoms with Gasteiger partial charge in [-0.3, -0.25) is 0 Å². The van der Waals surface area contributed by atoms with Crippen molar-refractivity contribution in [3.05, 3.63) is 11.7 Å². The molecule has 0 unspecified atom stereocenters. The van der Waals surface area contributed by atoms with Crippen LogP contribution in [0, 0.1) is 17.8 Å². The number of hydrogen-bond donors (Lipinski definition) is 1. The van der Waals surface area contributed by atoms with Crippen LogP contribution in [0.3, 0.4) is 0 Å². The maximum absolute atomic E-state index is 6.18. The Labute approximate surface area is 125 Å². The van der Waals surface area contributed by atoms with Gasteiger partial charge in [0.05, 0.1) is 5.54 Å². The van der Waals surface area contributed by atoms with Crippen LogP contribution >= 0.6 is 12.4 Å². The predicted molar refractivity (Wildman–Crippen MR) is 76.5 cm³/mol. The summed E-state index contributed by atoms with van der Waals surface area (Å²) in [5, 5.41) is 4.35. The lowest BCUT2D eigenvalue weighted by atomic mass is 9.49. The summed E-state index contributed by atoms with van der Waals surface area (Å²) in [6.45, 7) is 0. The van der Waals surface area contributed by atoms with Gasteiger partial charge in [0.25, 0.3) is 0 Å². The summed E-state index contributed by atoms with van der Waals surface area (Å²) in [5.74, 6) is 4.43. The number of hydrogen-bond acceptors (Lipinski definition) is 4. The molecule has 2 N–H and O–H groups in total. The average Bonchev–Trinajstić information content (AvgIpc) is 2.91. The highest BCUT2D eigenvalue weighted by atomic mass is 35.5. The van der Waals surface area contributed by atoms with Crippen LogP contribution in [0.25, 0.3) is 0 Å². The van der Waals surface area contributed by atoms with Crippen molar-refractivity contribution in [3.8, 4) is 0 Å². The molecule has 0 atom stereocenters. The smallest absolute Gasteiger partial charge is 0.246 e. The second-order valence-electron chi connectivity index (χ2n) is 7.78. The van der Waals surface area contributed by atoms with Gasteiger partial charge in [-0.2, -0.15) is 4.98 Å². The molecule has 0 spiro atoms. The molecular formula is C15H22ClN3O. The Morgan fingerprint density at radius 1 is 1.00 bits per heavy atom. The lowest BCUT2D eigenvalue weighted by Crippen LogP contribution is -2.49. The van der Waals surface area contributed by atoms with E-state index < -0.39 is 0 Å². The van der Waals surface area contributed by atoms with Crippen molar-refractivity contribution in [2.75, 3.05) is 0 Å². The zero-order valence-corrected chi connectivity index (χ0v) is 12.5. The maximum Gasteiger partial charge on any atom is 0.246 e. The van der Waals surface area contributed by atoms with E-state index in [4.69, 9.17) is 15.2 Å². The Morgan fingerprint density at radius 3 is 2.05 bits per heavy atom. The summed E-state index contributed by atoms with van der Waals surface area (Å²) in [5.41, 5.74) is 6.13. The first-order valence-electron chi connectivity index (χ1n) is 7.79. The fraction of sp³-hybridized carbons (Fsp3) is 0.867. The van der Waals surface area contributed by atoms with Gasteiger partial charge in [-0.15, -0.1) is 12.4 Å². The number of nitrogens with zero attached hydrogens (tertiary/aromatic N) is 2. The van der Waals surface area contributed by atoms with Crippen LogP contribution in [0.15, 0.2) is 4.52 Å². The summed E-state index contributed by atoms with van der Waals surface area (Å²) in [7, 11) is 0. The van der Waals surface area contributed by atoms with Gasteiger partial charge >= 0.3 is 0 Å². The van der Waals surface area contributed by atoms with Crippen molar-refractivity contribution in [1.29, 1.82) is 0 Å². The third-order valence-electron chi connectivity index (χ3n) is 6.15. The van der Waals surface area contributed by atoms with Crippen LogP contribution in [-0.4, -0.2) is 10.1 Å². The molecule has 5 aliphatic rings. The van der Waals surface area contributed by atoms with Crippen molar-refractivity contribution in [2.45, 2.75) is 62.3 Å². The van der Waals surface area contributed by atoms with Crippen LogP contribution in [0.5, 0.6) is 0 Å². The van der Waals surface area contributed by atoms with Crippen LogP contribution < -0.4 is 5.73 Å². The molecule has 5 saturated carbocycles. The third kappa shape index (κ3) is 1.70. The molecule has 1 aromatic rings. The first kappa shape index (κ1) is 13.1. The summed E-state index contributed by atoms with van der Waals surface area (Å²) in [6.07, 6.45) is 10.2. The monoisotopic (exact) mass is 295 g/mol. The minimum Gasteiger partial charge on any atom is -0.337 e. The Morgan fingerprint density at radius 2 is 1.55 bits per heavy atom. The lowest BCUT2D eigenvalue weighted by Gasteiger charge is -2.55. The highest BCUT2D eigenvalue weighted by Gasteiger charge is 2.55. The van der Waals surface area contributed by atoms with E-state index in [9.17, 15) is 0 Å². The van der Waals surface area contributed by atoms with Gasteiger partial charge in [0.15, 0.2) is 5.82 Å². The van der Waals surface area contributed by atoms with Crippen LogP contribution in [-0.2, 0) is 11.0 Å². The summed E-state index contributed by atoms with van der Waals surface area (Å²) < 4.78 is 5.49. The van der Waals surface area contributed by atoms with Crippen molar-refractivity contribution in [2.24, 2.45) is 23.5 Å². The van der Waals surface area contributed by atoms with Gasteiger partial charge < -0.3 is 10.3 Å². The van der Waals surface area contributed by atoms with E-state index in [-0.39, 0.29) is 23.4 Å². The minimum absolute atomic E-state index is 0. The molecule has 5 heteroatoms. The molecule has 0 amide bonds. The van der Waals surface area contributed by atoms with E-state index in [0.29, 0.717) is 5.89 Å². The molecule has 0 radical (unpaired) electrons. The quantitative estimate of drug-likeness (QED) is 0.911. The normalized spacial score (nSPS) is 43.4. The first-order valence-corrected chi connectivity index (χ1v) is 7.79. The second-order valence-corrected chi connectivity index (χ2v) is 7.78. The van der Waals surface area contributed by atoms with E-state index in [2.05, 4.69) is 5.16 Å².